The molecule has 0 aliphatic carbocycles. The van der Waals surface area contributed by atoms with E-state index in [1.165, 1.54) is 4.31 Å². The number of hydrogen-bond donors (Lipinski definition) is 1. The van der Waals surface area contributed by atoms with E-state index in [1.807, 2.05) is 0 Å². The fourth-order valence-electron chi connectivity index (χ4n) is 3.21. The maximum atomic E-state index is 13.0. The van der Waals surface area contributed by atoms with Gasteiger partial charge in [-0.3, -0.25) is 4.79 Å². The monoisotopic (exact) mass is 448 g/mol. The van der Waals surface area contributed by atoms with Gasteiger partial charge >= 0.3 is 0 Å². The maximum Gasteiger partial charge on any atom is 0.286 e. The van der Waals surface area contributed by atoms with Crippen molar-refractivity contribution in [2.45, 2.75) is 23.8 Å². The Morgan fingerprint density at radius 2 is 1.93 bits per heavy atom. The molecule has 4 rings (SSSR count). The number of sulfonamides is 1. The standard InChI is InChI=1S/C19H17ClN4O3S2/c20-13-6-4-7-14(12-13)21-17(25)19-23-22-18(28-19)16-10-5-11-24(16)29(26,27)15-8-2-1-3-9-15/h1-4,6-9,12,16H,5,10-11H2,(H,21,25). The smallest absolute Gasteiger partial charge is 0.286 e. The van der Waals surface area contributed by atoms with Crippen LogP contribution in [-0.2, 0) is 10.0 Å². The number of halogens is 1. The number of hydrogen-bond acceptors (Lipinski definition) is 6. The molecule has 0 spiro atoms. The van der Waals surface area contributed by atoms with Crippen LogP contribution in [0, 0.1) is 0 Å². The van der Waals surface area contributed by atoms with Crippen LogP contribution >= 0.6 is 22.9 Å². The van der Waals surface area contributed by atoms with Crippen LogP contribution < -0.4 is 5.32 Å². The summed E-state index contributed by atoms with van der Waals surface area (Å²) < 4.78 is 27.5. The highest BCUT2D eigenvalue weighted by Gasteiger charge is 2.38. The molecule has 3 aromatic rings. The van der Waals surface area contributed by atoms with Gasteiger partial charge in [0, 0.05) is 17.3 Å². The summed E-state index contributed by atoms with van der Waals surface area (Å²) >= 11 is 7.04. The summed E-state index contributed by atoms with van der Waals surface area (Å²) in [5.41, 5.74) is 0.549. The summed E-state index contributed by atoms with van der Waals surface area (Å²) in [5.74, 6) is -0.411. The fraction of sp³-hybridized carbons (Fsp3) is 0.211. The van der Waals surface area contributed by atoms with Gasteiger partial charge in [0.05, 0.1) is 10.9 Å². The normalized spacial score (nSPS) is 17.3. The Morgan fingerprint density at radius 3 is 2.69 bits per heavy atom. The van der Waals surface area contributed by atoms with E-state index in [-0.39, 0.29) is 9.90 Å². The number of carbonyl (C=O) groups is 1. The molecule has 1 saturated heterocycles. The first-order valence-electron chi connectivity index (χ1n) is 8.92. The topological polar surface area (TPSA) is 92.3 Å². The average molecular weight is 449 g/mol. The second kappa shape index (κ2) is 8.19. The zero-order chi connectivity index (χ0) is 20.4. The van der Waals surface area contributed by atoms with Gasteiger partial charge in [-0.05, 0) is 43.2 Å². The molecule has 10 heteroatoms. The number of aromatic nitrogens is 2. The molecule has 7 nitrogen and oxygen atoms in total. The maximum absolute atomic E-state index is 13.0. The zero-order valence-electron chi connectivity index (χ0n) is 15.2. The molecule has 1 N–H and O–H groups in total. The number of nitrogens with zero attached hydrogens (tertiary/aromatic N) is 3. The first-order valence-corrected chi connectivity index (χ1v) is 11.6. The number of rotatable bonds is 5. The predicted molar refractivity (Wildman–Crippen MR) is 112 cm³/mol. The van der Waals surface area contributed by atoms with Crippen LogP contribution in [0.25, 0.3) is 0 Å². The Morgan fingerprint density at radius 1 is 1.14 bits per heavy atom. The van der Waals surface area contributed by atoms with Gasteiger partial charge in [-0.2, -0.15) is 4.31 Å². The van der Waals surface area contributed by atoms with Crippen molar-refractivity contribution in [2.75, 3.05) is 11.9 Å². The first-order chi connectivity index (χ1) is 13.9. The third-order valence-corrected chi connectivity index (χ3v) is 7.74. The molecule has 1 unspecified atom stereocenters. The molecule has 1 atom stereocenters. The van der Waals surface area contributed by atoms with Crippen molar-refractivity contribution in [3.63, 3.8) is 0 Å². The lowest BCUT2D eigenvalue weighted by Gasteiger charge is -2.22. The third kappa shape index (κ3) is 4.18. The number of amides is 1. The zero-order valence-corrected chi connectivity index (χ0v) is 17.5. The minimum Gasteiger partial charge on any atom is -0.320 e. The summed E-state index contributed by atoms with van der Waals surface area (Å²) in [6.45, 7) is 0.408. The van der Waals surface area contributed by atoms with Crippen LogP contribution in [0.1, 0.15) is 33.7 Å². The third-order valence-electron chi connectivity index (χ3n) is 4.56. The van der Waals surface area contributed by atoms with E-state index in [4.69, 9.17) is 11.6 Å². The van der Waals surface area contributed by atoms with Gasteiger partial charge in [0.15, 0.2) is 0 Å². The van der Waals surface area contributed by atoms with Crippen molar-refractivity contribution in [2.24, 2.45) is 0 Å². The summed E-state index contributed by atoms with van der Waals surface area (Å²) in [6, 6.07) is 14.7. The van der Waals surface area contributed by atoms with Crippen molar-refractivity contribution in [3.8, 4) is 0 Å². The van der Waals surface area contributed by atoms with Gasteiger partial charge < -0.3 is 5.32 Å². The van der Waals surface area contributed by atoms with Crippen molar-refractivity contribution < 1.29 is 13.2 Å². The number of anilines is 1. The van der Waals surface area contributed by atoms with E-state index < -0.39 is 22.0 Å². The average Bonchev–Trinajstić information content (AvgIpc) is 3.38. The largest absolute Gasteiger partial charge is 0.320 e. The van der Waals surface area contributed by atoms with Gasteiger partial charge in [0.1, 0.15) is 5.01 Å². The molecule has 150 valence electrons. The molecule has 2 heterocycles. The molecule has 0 bridgehead atoms. The molecule has 1 aliphatic heterocycles. The van der Waals surface area contributed by atoms with Crippen molar-refractivity contribution in [3.05, 3.63) is 69.6 Å². The number of benzene rings is 2. The molecule has 0 saturated carbocycles. The van der Waals surface area contributed by atoms with Crippen LogP contribution in [0.5, 0.6) is 0 Å². The molecular weight excluding hydrogens is 432 g/mol. The summed E-state index contributed by atoms with van der Waals surface area (Å²) in [5, 5.41) is 12.0. The molecule has 1 amide bonds. The van der Waals surface area contributed by atoms with E-state index in [2.05, 4.69) is 15.5 Å². The SMILES string of the molecule is O=C(Nc1cccc(Cl)c1)c1nnc(C2CCCN2S(=O)(=O)c2ccccc2)s1. The van der Waals surface area contributed by atoms with Crippen LogP contribution in [0.2, 0.25) is 5.02 Å². The lowest BCUT2D eigenvalue weighted by atomic mass is 10.2. The van der Waals surface area contributed by atoms with E-state index in [9.17, 15) is 13.2 Å². The predicted octanol–water partition coefficient (Wildman–Crippen LogP) is 3.97. The van der Waals surface area contributed by atoms with Crippen LogP contribution in [0.3, 0.4) is 0 Å². The Balaban J connectivity index is 1.55. The molecule has 2 aromatic carbocycles. The number of carbonyl (C=O) groups excluding carboxylic acids is 1. The highest BCUT2D eigenvalue weighted by atomic mass is 35.5. The van der Waals surface area contributed by atoms with Crippen LogP contribution in [0.4, 0.5) is 5.69 Å². The Kier molecular flexibility index (Phi) is 5.64. The van der Waals surface area contributed by atoms with Crippen molar-refractivity contribution in [1.82, 2.24) is 14.5 Å². The summed E-state index contributed by atoms with van der Waals surface area (Å²) in [6.07, 6.45) is 1.36. The lowest BCUT2D eigenvalue weighted by Crippen LogP contribution is -2.30. The van der Waals surface area contributed by atoms with Crippen LogP contribution in [0.15, 0.2) is 59.5 Å². The van der Waals surface area contributed by atoms with Gasteiger partial charge in [0.2, 0.25) is 15.0 Å². The van der Waals surface area contributed by atoms with Gasteiger partial charge in [-0.25, -0.2) is 8.42 Å². The fourth-order valence-corrected chi connectivity index (χ4v) is 6.04. The minimum absolute atomic E-state index is 0.170. The van der Waals surface area contributed by atoms with Crippen molar-refractivity contribution >= 4 is 44.6 Å². The highest BCUT2D eigenvalue weighted by molar-refractivity contribution is 7.89. The summed E-state index contributed by atoms with van der Waals surface area (Å²) in [7, 11) is -3.64. The van der Waals surface area contributed by atoms with Gasteiger partial charge in [-0.15, -0.1) is 10.2 Å². The molecule has 29 heavy (non-hydrogen) atoms. The Hall–Kier alpha value is -2.33. The van der Waals surface area contributed by atoms with E-state index in [0.717, 1.165) is 17.8 Å². The van der Waals surface area contributed by atoms with Crippen molar-refractivity contribution in [1.29, 1.82) is 0 Å². The number of nitrogens with one attached hydrogen (secondary N) is 1. The second-order valence-corrected chi connectivity index (χ2v) is 9.83. The Bertz CT molecular complexity index is 1140. The molecule has 1 aliphatic rings. The van der Waals surface area contributed by atoms with Gasteiger partial charge in [0.25, 0.3) is 5.91 Å². The van der Waals surface area contributed by atoms with E-state index >= 15 is 0 Å². The summed E-state index contributed by atoms with van der Waals surface area (Å²) in [4.78, 5) is 12.7. The quantitative estimate of drug-likeness (QED) is 0.637. The van der Waals surface area contributed by atoms with Crippen LogP contribution in [-0.4, -0.2) is 35.4 Å². The first kappa shape index (κ1) is 20.0. The molecule has 1 fully saturated rings. The highest BCUT2D eigenvalue weighted by Crippen LogP contribution is 2.37. The minimum atomic E-state index is -3.64. The van der Waals surface area contributed by atoms with Gasteiger partial charge in [-0.1, -0.05) is 47.2 Å². The second-order valence-electron chi connectivity index (χ2n) is 6.50. The molecular formula is C19H17ClN4O3S2. The van der Waals surface area contributed by atoms with E-state index in [1.54, 1.807) is 54.6 Å². The molecule has 1 aromatic heterocycles. The lowest BCUT2D eigenvalue weighted by molar-refractivity contribution is 0.102. The Labute approximate surface area is 177 Å². The van der Waals surface area contributed by atoms with E-state index in [0.29, 0.717) is 28.7 Å². The molecule has 0 radical (unpaired) electrons.